The first-order valence-electron chi connectivity index (χ1n) is 8.19. The molecule has 0 spiro atoms. The van der Waals surface area contributed by atoms with Gasteiger partial charge in [-0.05, 0) is 23.8 Å². The molecule has 1 aliphatic rings. The summed E-state index contributed by atoms with van der Waals surface area (Å²) >= 11 is 0. The van der Waals surface area contributed by atoms with Crippen molar-refractivity contribution in [3.63, 3.8) is 0 Å². The van der Waals surface area contributed by atoms with Crippen LogP contribution in [0.5, 0.6) is 0 Å². The monoisotopic (exact) mass is 376 g/mol. The van der Waals surface area contributed by atoms with Crippen molar-refractivity contribution in [2.24, 2.45) is 0 Å². The Bertz CT molecular complexity index is 851. The molecular formula is C19H21N4NaO3. The van der Waals surface area contributed by atoms with Crippen LogP contribution in [0, 0.1) is 0 Å². The fourth-order valence-corrected chi connectivity index (χ4v) is 2.87. The summed E-state index contributed by atoms with van der Waals surface area (Å²) in [5, 5.41) is 4.61. The zero-order valence-electron chi connectivity index (χ0n) is 16.2. The second-order valence-corrected chi connectivity index (χ2v) is 6.46. The molecule has 2 aromatic rings. The van der Waals surface area contributed by atoms with Gasteiger partial charge in [0.2, 0.25) is 0 Å². The van der Waals surface area contributed by atoms with Crippen LogP contribution in [0.25, 0.3) is 5.32 Å². The zero-order chi connectivity index (χ0) is 18.8. The van der Waals surface area contributed by atoms with Crippen LogP contribution in [0.4, 0.5) is 22.7 Å². The van der Waals surface area contributed by atoms with E-state index in [1.165, 1.54) is 0 Å². The predicted molar refractivity (Wildman–Crippen MR) is 101 cm³/mol. The van der Waals surface area contributed by atoms with Crippen molar-refractivity contribution in [3.8, 4) is 0 Å². The van der Waals surface area contributed by atoms with E-state index in [4.69, 9.17) is 4.84 Å². The van der Waals surface area contributed by atoms with Crippen molar-refractivity contribution >= 4 is 34.6 Å². The quantitative estimate of drug-likeness (QED) is 0.755. The van der Waals surface area contributed by atoms with Crippen molar-refractivity contribution in [1.29, 1.82) is 0 Å². The molecule has 3 rings (SSSR count). The zero-order valence-corrected chi connectivity index (χ0v) is 18.2. The van der Waals surface area contributed by atoms with Gasteiger partial charge in [-0.3, -0.25) is 4.79 Å². The SMILES string of the molecule is CN(C)c1ccc([N-]c2ccc(N(C)C)c3c2C(=O)NOC(=O)C3)cc1.[Na+]. The number of benzene rings is 2. The van der Waals surface area contributed by atoms with E-state index in [-0.39, 0.29) is 36.0 Å². The Balaban J connectivity index is 0.00000261. The molecule has 0 radical (unpaired) electrons. The van der Waals surface area contributed by atoms with Gasteiger partial charge in [-0.1, -0.05) is 18.2 Å². The van der Waals surface area contributed by atoms with Crippen molar-refractivity contribution < 1.29 is 44.0 Å². The number of amides is 1. The maximum absolute atomic E-state index is 12.5. The molecule has 1 aliphatic heterocycles. The third-order valence-electron chi connectivity index (χ3n) is 4.17. The molecule has 0 saturated carbocycles. The minimum Gasteiger partial charge on any atom is -0.657 e. The molecule has 0 unspecified atom stereocenters. The van der Waals surface area contributed by atoms with Crippen LogP contribution in [0.3, 0.4) is 0 Å². The number of hydrogen-bond acceptors (Lipinski definition) is 5. The van der Waals surface area contributed by atoms with Crippen LogP contribution in [0.15, 0.2) is 36.4 Å². The number of hydroxylamine groups is 1. The van der Waals surface area contributed by atoms with Gasteiger partial charge in [0.25, 0.3) is 5.91 Å². The number of fused-ring (bicyclic) bond motifs is 1. The van der Waals surface area contributed by atoms with Crippen LogP contribution in [-0.2, 0) is 16.1 Å². The summed E-state index contributed by atoms with van der Waals surface area (Å²) in [6.45, 7) is 0. The fourth-order valence-electron chi connectivity index (χ4n) is 2.87. The topological polar surface area (TPSA) is 76.0 Å². The van der Waals surface area contributed by atoms with E-state index in [1.807, 2.05) is 68.3 Å². The van der Waals surface area contributed by atoms with E-state index in [0.717, 1.165) is 17.1 Å². The Hall–Kier alpha value is -2.22. The molecule has 136 valence electrons. The molecule has 27 heavy (non-hydrogen) atoms. The summed E-state index contributed by atoms with van der Waals surface area (Å²) < 4.78 is 0. The largest absolute Gasteiger partial charge is 1.00 e. The molecule has 1 heterocycles. The molecule has 0 saturated heterocycles. The van der Waals surface area contributed by atoms with E-state index in [2.05, 4.69) is 10.8 Å². The summed E-state index contributed by atoms with van der Waals surface area (Å²) in [5.41, 5.74) is 6.23. The van der Waals surface area contributed by atoms with Crippen LogP contribution < -0.4 is 44.8 Å². The van der Waals surface area contributed by atoms with Crippen molar-refractivity contribution in [1.82, 2.24) is 5.48 Å². The number of rotatable bonds is 4. The first-order chi connectivity index (χ1) is 12.4. The molecule has 0 aromatic heterocycles. The van der Waals surface area contributed by atoms with Gasteiger partial charge in [0.05, 0.1) is 6.42 Å². The van der Waals surface area contributed by atoms with Crippen molar-refractivity contribution in [2.45, 2.75) is 6.42 Å². The van der Waals surface area contributed by atoms with E-state index in [9.17, 15) is 9.59 Å². The van der Waals surface area contributed by atoms with E-state index in [0.29, 0.717) is 16.8 Å². The molecule has 1 amide bonds. The predicted octanol–water partition coefficient (Wildman–Crippen LogP) is -0.0964. The standard InChI is InChI=1S/C19H22N4O3.Na/c1-22(2)13-7-5-12(6-8-13)20-15-9-10-16(23(3)4)14-11-17(24)26-21-19(25)18(14)15;/h5-10H,11H2,1-4H3,(H2,20,21,25);/q;+1/p-1. The second-order valence-electron chi connectivity index (χ2n) is 6.46. The Labute approximate surface area is 180 Å². The number of carbonyl (C=O) groups excluding carboxylic acids is 2. The maximum atomic E-state index is 12.5. The molecule has 2 aromatic carbocycles. The average molecular weight is 376 g/mol. The van der Waals surface area contributed by atoms with Crippen LogP contribution in [0.2, 0.25) is 0 Å². The summed E-state index contributed by atoms with van der Waals surface area (Å²) in [4.78, 5) is 33.0. The fraction of sp³-hybridized carbons (Fsp3) is 0.263. The Kier molecular flexibility index (Phi) is 6.75. The summed E-state index contributed by atoms with van der Waals surface area (Å²) in [6.07, 6.45) is 0.00448. The van der Waals surface area contributed by atoms with Crippen molar-refractivity contribution in [3.05, 3.63) is 52.8 Å². The smallest absolute Gasteiger partial charge is 0.657 e. The molecule has 8 heteroatoms. The van der Waals surface area contributed by atoms with Gasteiger partial charge in [-0.25, -0.2) is 4.79 Å². The summed E-state index contributed by atoms with van der Waals surface area (Å²) in [5.74, 6) is -0.981. The number of nitrogens with zero attached hydrogens (tertiary/aromatic N) is 3. The van der Waals surface area contributed by atoms with Gasteiger partial charge in [0, 0.05) is 45.1 Å². The van der Waals surface area contributed by atoms with E-state index >= 15 is 0 Å². The number of carbonyl (C=O) groups is 2. The van der Waals surface area contributed by atoms with Crippen LogP contribution in [0.1, 0.15) is 15.9 Å². The van der Waals surface area contributed by atoms with Gasteiger partial charge in [0.15, 0.2) is 0 Å². The summed E-state index contributed by atoms with van der Waals surface area (Å²) in [6, 6.07) is 11.3. The van der Waals surface area contributed by atoms with Crippen molar-refractivity contribution in [2.75, 3.05) is 38.0 Å². The Morgan fingerprint density at radius 2 is 1.63 bits per heavy atom. The number of anilines is 2. The van der Waals surface area contributed by atoms with Gasteiger partial charge in [-0.2, -0.15) is 5.48 Å². The minimum atomic E-state index is -0.507. The Morgan fingerprint density at radius 1 is 0.963 bits per heavy atom. The van der Waals surface area contributed by atoms with E-state index < -0.39 is 11.9 Å². The normalized spacial score (nSPS) is 12.7. The maximum Gasteiger partial charge on any atom is 1.00 e. The minimum absolute atomic E-state index is 0. The molecule has 0 atom stereocenters. The second kappa shape index (κ2) is 8.65. The Morgan fingerprint density at radius 3 is 2.22 bits per heavy atom. The number of hydrogen-bond donors (Lipinski definition) is 1. The van der Waals surface area contributed by atoms with Gasteiger partial charge in [0.1, 0.15) is 0 Å². The van der Waals surface area contributed by atoms with Crippen LogP contribution >= 0.6 is 0 Å². The molecule has 0 bridgehead atoms. The number of nitrogens with one attached hydrogen (secondary N) is 1. The molecule has 0 aliphatic carbocycles. The first kappa shape index (κ1) is 21.1. The summed E-state index contributed by atoms with van der Waals surface area (Å²) in [7, 11) is 7.65. The third kappa shape index (κ3) is 4.55. The third-order valence-corrected chi connectivity index (χ3v) is 4.17. The average Bonchev–Trinajstić information content (AvgIpc) is 2.74. The van der Waals surface area contributed by atoms with Gasteiger partial charge >= 0.3 is 35.5 Å². The van der Waals surface area contributed by atoms with Crippen LogP contribution in [-0.4, -0.2) is 40.1 Å². The van der Waals surface area contributed by atoms with E-state index in [1.54, 1.807) is 6.07 Å². The molecular weight excluding hydrogens is 355 g/mol. The first-order valence-corrected chi connectivity index (χ1v) is 8.19. The van der Waals surface area contributed by atoms with Gasteiger partial charge in [-0.15, -0.1) is 11.4 Å². The van der Waals surface area contributed by atoms with Gasteiger partial charge < -0.3 is 20.0 Å². The molecule has 1 N–H and O–H groups in total. The molecule has 0 fully saturated rings. The molecule has 7 nitrogen and oxygen atoms in total.